The van der Waals surface area contributed by atoms with Crippen LogP contribution in [-0.4, -0.2) is 6.16 Å². The van der Waals surface area contributed by atoms with Gasteiger partial charge in [0.25, 0.3) is 0 Å². The van der Waals surface area contributed by atoms with E-state index in [-0.39, 0.29) is 0 Å². The van der Waals surface area contributed by atoms with Gasteiger partial charge in [0.1, 0.15) is 0 Å². The van der Waals surface area contributed by atoms with Gasteiger partial charge in [-0.2, -0.15) is 0 Å². The Hall–Kier alpha value is -1.24. The molecule has 0 amide bonds. The maximum atomic E-state index is 6.68. The molecule has 2 nitrogen and oxygen atoms in total. The zero-order valence-electron chi connectivity index (χ0n) is 12.7. The van der Waals surface area contributed by atoms with Crippen molar-refractivity contribution in [3.05, 3.63) is 59.7 Å². The fourth-order valence-electron chi connectivity index (χ4n) is 1.99. The van der Waals surface area contributed by atoms with E-state index >= 15 is 0 Å². The predicted molar refractivity (Wildman–Crippen MR) is 92.9 cm³/mol. The van der Waals surface area contributed by atoms with Gasteiger partial charge in [0, 0.05) is 0 Å². The van der Waals surface area contributed by atoms with E-state index in [4.69, 9.17) is 20.3 Å². The van der Waals surface area contributed by atoms with Gasteiger partial charge < -0.3 is 0 Å². The average molecular weight is 325 g/mol. The zero-order valence-corrected chi connectivity index (χ0v) is 14.5. The van der Waals surface area contributed by atoms with Gasteiger partial charge in [-0.05, 0) is 0 Å². The van der Waals surface area contributed by atoms with E-state index in [9.17, 15) is 0 Å². The Balaban J connectivity index is 2.14. The van der Waals surface area contributed by atoms with Crippen molar-refractivity contribution in [3.8, 4) is 11.5 Å². The molecule has 0 N–H and O–H groups in total. The van der Waals surface area contributed by atoms with Gasteiger partial charge in [0.2, 0.25) is 0 Å². The molecule has 0 aliphatic heterocycles. The summed E-state index contributed by atoms with van der Waals surface area (Å²) in [5.41, 5.74) is 2.39. The van der Waals surface area contributed by atoms with Gasteiger partial charge in [0.05, 0.1) is 0 Å². The van der Waals surface area contributed by atoms with Crippen LogP contribution in [0, 0.1) is 13.8 Å². The van der Waals surface area contributed by atoms with Crippen LogP contribution in [0.5, 0.6) is 11.5 Å². The van der Waals surface area contributed by atoms with E-state index in [1.165, 1.54) is 11.1 Å². The molecule has 2 rings (SSSR count). The van der Waals surface area contributed by atoms with Gasteiger partial charge in [-0.3, -0.25) is 0 Å². The van der Waals surface area contributed by atoms with Crippen molar-refractivity contribution in [2.45, 2.75) is 27.2 Å². The molecule has 21 heavy (non-hydrogen) atoms. The van der Waals surface area contributed by atoms with Crippen LogP contribution in [0.2, 0.25) is 0 Å². The molecule has 0 unspecified atom stereocenters. The topological polar surface area (TPSA) is 18.5 Å². The van der Waals surface area contributed by atoms with Crippen molar-refractivity contribution in [2.75, 3.05) is 6.16 Å². The van der Waals surface area contributed by atoms with Gasteiger partial charge in [-0.25, -0.2) is 0 Å². The molecule has 0 bridgehead atoms. The molecular weight excluding hydrogens is 303 g/mol. The second-order valence-corrected chi connectivity index (χ2v) is 9.20. The molecule has 4 heteroatoms. The molecule has 0 saturated heterocycles. The fraction of sp³-hybridized carbons (Fsp3) is 0.294. The van der Waals surface area contributed by atoms with Crippen LogP contribution in [0.15, 0.2) is 48.5 Å². The van der Waals surface area contributed by atoms with Crippen molar-refractivity contribution in [3.63, 3.8) is 0 Å². The summed E-state index contributed by atoms with van der Waals surface area (Å²) in [5.74, 6) is 1.53. The zero-order chi connectivity index (χ0) is 15.3. The Morgan fingerprint density at radius 2 is 1.19 bits per heavy atom. The van der Waals surface area contributed by atoms with Crippen LogP contribution in [-0.2, 0) is 0 Å². The summed E-state index contributed by atoms with van der Waals surface area (Å²) in [7, 11) is -2.79. The fourth-order valence-corrected chi connectivity index (χ4v) is 4.91. The molecule has 2 aromatic rings. The van der Waals surface area contributed by atoms with Crippen LogP contribution in [0.25, 0.3) is 0 Å². The molecule has 0 spiro atoms. The molecular formula is C17H22ClO2P. The van der Waals surface area contributed by atoms with E-state index in [0.717, 1.165) is 24.1 Å². The molecule has 0 atom stereocenters. The Labute approximate surface area is 132 Å². The van der Waals surface area contributed by atoms with E-state index in [0.29, 0.717) is 0 Å². The van der Waals surface area contributed by atoms with E-state index in [2.05, 4.69) is 6.92 Å². The molecule has 0 aliphatic rings. The Kier molecular flexibility index (Phi) is 5.50. The molecule has 0 fully saturated rings. The van der Waals surface area contributed by atoms with Gasteiger partial charge in [-0.15, -0.1) is 0 Å². The number of benzene rings is 2. The first-order valence-electron chi connectivity index (χ1n) is 7.21. The van der Waals surface area contributed by atoms with Crippen molar-refractivity contribution < 1.29 is 9.05 Å². The SMILES string of the molecule is CCC[PH](Cl)(Oc1ccc(C)cc1)Oc1ccc(C)cc1. The number of halogens is 1. The summed E-state index contributed by atoms with van der Waals surface area (Å²) in [6.07, 6.45) is 1.66. The van der Waals surface area contributed by atoms with Crippen molar-refractivity contribution in [1.82, 2.24) is 0 Å². The molecule has 0 radical (unpaired) electrons. The molecule has 0 heterocycles. The summed E-state index contributed by atoms with van der Waals surface area (Å²) >= 11 is 6.68. The van der Waals surface area contributed by atoms with Crippen molar-refractivity contribution in [1.29, 1.82) is 0 Å². The number of aryl methyl sites for hydroxylation is 2. The first-order valence-corrected chi connectivity index (χ1v) is 10.2. The first-order chi connectivity index (χ1) is 10.0. The quantitative estimate of drug-likeness (QED) is 0.615. The van der Waals surface area contributed by atoms with Gasteiger partial charge in [0.15, 0.2) is 0 Å². The molecule has 114 valence electrons. The monoisotopic (exact) mass is 324 g/mol. The van der Waals surface area contributed by atoms with Crippen molar-refractivity contribution >= 4 is 18.3 Å². The second kappa shape index (κ2) is 7.15. The predicted octanol–water partition coefficient (Wildman–Crippen LogP) is 5.90. The summed E-state index contributed by atoms with van der Waals surface area (Å²) in [4.78, 5) is 0. The number of rotatable bonds is 6. The van der Waals surface area contributed by atoms with Crippen LogP contribution in [0.1, 0.15) is 24.5 Å². The minimum atomic E-state index is -2.79. The third kappa shape index (κ3) is 4.91. The van der Waals surface area contributed by atoms with E-state index < -0.39 is 7.07 Å². The Morgan fingerprint density at radius 3 is 1.52 bits per heavy atom. The Morgan fingerprint density at radius 1 is 0.810 bits per heavy atom. The van der Waals surface area contributed by atoms with Crippen LogP contribution < -0.4 is 9.05 Å². The molecule has 0 aliphatic carbocycles. The standard InChI is InChI=1S/C17H22ClO2P/c1-4-13-21(18,19-16-9-5-14(2)6-10-16)20-17-11-7-15(3)8-12-17/h5-12,21H,4,13H2,1-3H3. The maximum absolute atomic E-state index is 6.68. The van der Waals surface area contributed by atoms with Crippen LogP contribution in [0.3, 0.4) is 0 Å². The van der Waals surface area contributed by atoms with Crippen LogP contribution in [0.4, 0.5) is 0 Å². The molecule has 2 aromatic carbocycles. The second-order valence-electron chi connectivity index (χ2n) is 5.24. The normalized spacial score (nSPS) is 12.0. The van der Waals surface area contributed by atoms with E-state index in [1.807, 2.05) is 62.4 Å². The first kappa shape index (κ1) is 16.1. The van der Waals surface area contributed by atoms with Gasteiger partial charge >= 0.3 is 132 Å². The third-order valence-electron chi connectivity index (χ3n) is 3.13. The van der Waals surface area contributed by atoms with E-state index in [1.54, 1.807) is 0 Å². The summed E-state index contributed by atoms with van der Waals surface area (Å²) in [6, 6.07) is 15.8. The third-order valence-corrected chi connectivity index (χ3v) is 6.34. The summed E-state index contributed by atoms with van der Waals surface area (Å²) in [5, 5.41) is 0. The summed E-state index contributed by atoms with van der Waals surface area (Å²) in [6.45, 7) is 6.18. The van der Waals surface area contributed by atoms with Crippen molar-refractivity contribution in [2.24, 2.45) is 0 Å². The molecule has 0 aromatic heterocycles. The Bertz CT molecular complexity index is 519. The summed E-state index contributed by atoms with van der Waals surface area (Å²) < 4.78 is 12.0. The minimum absolute atomic E-state index is 0.732. The molecule has 0 saturated carbocycles. The van der Waals surface area contributed by atoms with Gasteiger partial charge in [-0.1, -0.05) is 0 Å². The number of hydrogen-bond donors (Lipinski definition) is 0. The van der Waals surface area contributed by atoms with Crippen LogP contribution >= 0.6 is 18.3 Å². The number of hydrogen-bond acceptors (Lipinski definition) is 2. The average Bonchev–Trinajstić information content (AvgIpc) is 2.44.